The number of carbonyl (C=O) groups is 1. The van der Waals surface area contributed by atoms with Gasteiger partial charge in [-0.25, -0.2) is 9.97 Å². The number of hydrogen-bond donors (Lipinski definition) is 2. The Morgan fingerprint density at radius 1 is 1.06 bits per heavy atom. The molecule has 0 radical (unpaired) electrons. The van der Waals surface area contributed by atoms with E-state index in [1.165, 1.54) is 19.3 Å². The molecule has 0 spiro atoms. The molecule has 1 fully saturated rings. The topological polar surface area (TPSA) is 75.1 Å². The highest BCUT2D eigenvalue weighted by molar-refractivity contribution is 6.07. The lowest BCUT2D eigenvalue weighted by Gasteiger charge is -2.33. The van der Waals surface area contributed by atoms with Gasteiger partial charge in [-0.2, -0.15) is 0 Å². The van der Waals surface area contributed by atoms with E-state index in [0.29, 0.717) is 12.1 Å². The highest BCUT2D eigenvalue weighted by atomic mass is 16.1. The molecule has 2 N–H and O–H groups in total. The third-order valence-electron chi connectivity index (χ3n) is 7.59. The lowest BCUT2D eigenvalue weighted by molar-refractivity contribution is 0.0966. The van der Waals surface area contributed by atoms with E-state index in [-0.39, 0.29) is 5.91 Å². The maximum absolute atomic E-state index is 12.8. The lowest BCUT2D eigenvalue weighted by Crippen LogP contribution is -2.33. The number of benzene rings is 1. The first-order chi connectivity index (χ1) is 17.1. The summed E-state index contributed by atoms with van der Waals surface area (Å²) >= 11 is 0. The Balaban J connectivity index is 1.29. The zero-order valence-corrected chi connectivity index (χ0v) is 20.2. The molecule has 3 aromatic heterocycles. The molecular weight excluding hydrogens is 436 g/mol. The predicted molar refractivity (Wildman–Crippen MR) is 140 cm³/mol. The van der Waals surface area contributed by atoms with Gasteiger partial charge in [0.05, 0.1) is 23.1 Å². The van der Waals surface area contributed by atoms with Gasteiger partial charge in [0.25, 0.3) is 5.91 Å². The van der Waals surface area contributed by atoms with Gasteiger partial charge < -0.3 is 20.1 Å². The second-order valence-electron chi connectivity index (χ2n) is 9.58. The monoisotopic (exact) mass is 466 g/mol. The van der Waals surface area contributed by atoms with Crippen LogP contribution < -0.4 is 15.5 Å². The number of fused-ring (bicyclic) bond motifs is 2. The highest BCUT2D eigenvalue weighted by Crippen LogP contribution is 2.37. The molecule has 5 heterocycles. The fraction of sp³-hybridized carbons (Fsp3) is 0.321. The molecule has 0 unspecified atom stereocenters. The number of rotatable bonds is 5. The van der Waals surface area contributed by atoms with Crippen LogP contribution in [-0.4, -0.2) is 33.5 Å². The second kappa shape index (κ2) is 8.73. The van der Waals surface area contributed by atoms with Gasteiger partial charge in [-0.3, -0.25) is 4.79 Å². The molecule has 35 heavy (non-hydrogen) atoms. The summed E-state index contributed by atoms with van der Waals surface area (Å²) in [4.78, 5) is 24.4. The molecule has 0 saturated carbocycles. The fourth-order valence-corrected chi connectivity index (χ4v) is 5.49. The van der Waals surface area contributed by atoms with Crippen molar-refractivity contribution in [2.75, 3.05) is 23.3 Å². The molecule has 1 aromatic carbocycles. The molecule has 0 bridgehead atoms. The molecule has 0 atom stereocenters. The van der Waals surface area contributed by atoms with Gasteiger partial charge in [0, 0.05) is 44.5 Å². The Bertz CT molecular complexity index is 1400. The first kappa shape index (κ1) is 21.6. The number of nitrogens with zero attached hydrogens (tertiary/aromatic N) is 4. The molecule has 2 aliphatic rings. The zero-order valence-electron chi connectivity index (χ0n) is 20.2. The molecule has 7 nitrogen and oxygen atoms in total. The van der Waals surface area contributed by atoms with Crippen LogP contribution in [0.3, 0.4) is 0 Å². The van der Waals surface area contributed by atoms with Crippen molar-refractivity contribution in [3.63, 3.8) is 0 Å². The van der Waals surface area contributed by atoms with Crippen molar-refractivity contribution < 1.29 is 4.79 Å². The largest absolute Gasteiger partial charge is 0.370 e. The minimum atomic E-state index is -0.0573. The average Bonchev–Trinajstić information content (AvgIpc) is 3.48. The predicted octanol–water partition coefficient (Wildman–Crippen LogP) is 5.25. The van der Waals surface area contributed by atoms with E-state index in [9.17, 15) is 4.79 Å². The van der Waals surface area contributed by atoms with E-state index in [2.05, 4.69) is 50.6 Å². The van der Waals surface area contributed by atoms with Crippen LogP contribution in [0.15, 0.2) is 55.0 Å². The summed E-state index contributed by atoms with van der Waals surface area (Å²) in [7, 11) is 1.99. The van der Waals surface area contributed by atoms with Crippen LogP contribution in [0.4, 0.5) is 17.2 Å². The maximum atomic E-state index is 12.8. The number of pyridine rings is 2. The summed E-state index contributed by atoms with van der Waals surface area (Å²) < 4.78 is 2.01. The first-order valence-electron chi connectivity index (χ1n) is 12.4. The van der Waals surface area contributed by atoms with Gasteiger partial charge in [-0.05, 0) is 65.8 Å². The molecule has 4 aromatic rings. The number of amides is 1. The molecule has 1 amide bonds. The van der Waals surface area contributed by atoms with E-state index >= 15 is 0 Å². The molecule has 7 heteroatoms. The number of hydrogen-bond acceptors (Lipinski definition) is 5. The number of anilines is 3. The van der Waals surface area contributed by atoms with Crippen LogP contribution in [0.25, 0.3) is 22.2 Å². The molecule has 0 aliphatic carbocycles. The Morgan fingerprint density at radius 3 is 2.69 bits per heavy atom. The number of piperidine rings is 1. The minimum absolute atomic E-state index is 0.0573. The Labute approximate surface area is 205 Å². The molecule has 178 valence electrons. The van der Waals surface area contributed by atoms with Gasteiger partial charge >= 0.3 is 0 Å². The number of aryl methyl sites for hydroxylation is 1. The molecule has 1 saturated heterocycles. The number of aromatic nitrogens is 3. The van der Waals surface area contributed by atoms with Gasteiger partial charge in [0.2, 0.25) is 0 Å². The summed E-state index contributed by atoms with van der Waals surface area (Å²) in [6.45, 7) is 4.97. The van der Waals surface area contributed by atoms with Crippen molar-refractivity contribution in [1.82, 2.24) is 19.9 Å². The fourth-order valence-electron chi connectivity index (χ4n) is 5.49. The van der Waals surface area contributed by atoms with Crippen LogP contribution in [0.1, 0.15) is 42.1 Å². The van der Waals surface area contributed by atoms with Crippen molar-refractivity contribution in [3.8, 4) is 11.1 Å². The molecular formula is C28H30N6O. The van der Waals surface area contributed by atoms with Gasteiger partial charge in [0.1, 0.15) is 11.5 Å². The Hall–Kier alpha value is -3.87. The number of nitrogens with one attached hydrogen (secondary N) is 2. The van der Waals surface area contributed by atoms with E-state index in [1.807, 2.05) is 48.4 Å². The number of carbonyl (C=O) groups excluding carboxylic acids is 1. The van der Waals surface area contributed by atoms with Crippen LogP contribution in [0.2, 0.25) is 0 Å². The Kier molecular flexibility index (Phi) is 5.40. The van der Waals surface area contributed by atoms with Gasteiger partial charge in [-0.15, -0.1) is 0 Å². The van der Waals surface area contributed by atoms with E-state index in [1.54, 1.807) is 0 Å². The SMILES string of the molecule is CCC1CCN(c2ccc(Nc3ccc(-c4ccnc5c4ccn5C)c4c3C(=O)NC4)nc2)CC1. The van der Waals surface area contributed by atoms with Crippen molar-refractivity contribution in [1.29, 1.82) is 0 Å². The standard InChI is InChI=1S/C28H30N6O/c1-3-18-9-14-34(15-10-18)19-4-7-25(30-16-19)32-24-6-5-20(23-17-31-28(35)26(23)24)21-8-12-29-27-22(21)11-13-33(27)2/h4-8,11-13,16,18H,3,9-10,14-15,17H2,1-2H3,(H,30,32)(H,31,35). The van der Waals surface area contributed by atoms with Crippen molar-refractivity contribution in [2.45, 2.75) is 32.7 Å². The van der Waals surface area contributed by atoms with Crippen molar-refractivity contribution >= 4 is 34.1 Å². The maximum Gasteiger partial charge on any atom is 0.254 e. The minimum Gasteiger partial charge on any atom is -0.370 e. The Morgan fingerprint density at radius 2 is 1.91 bits per heavy atom. The lowest BCUT2D eigenvalue weighted by atomic mass is 9.94. The molecule has 6 rings (SSSR count). The van der Waals surface area contributed by atoms with Crippen molar-refractivity contribution in [3.05, 3.63) is 66.1 Å². The first-order valence-corrected chi connectivity index (χ1v) is 12.4. The second-order valence-corrected chi connectivity index (χ2v) is 9.58. The smallest absolute Gasteiger partial charge is 0.254 e. The van der Waals surface area contributed by atoms with Crippen LogP contribution >= 0.6 is 0 Å². The quantitative estimate of drug-likeness (QED) is 0.420. The van der Waals surface area contributed by atoms with Crippen LogP contribution in [0.5, 0.6) is 0 Å². The van der Waals surface area contributed by atoms with E-state index in [0.717, 1.165) is 63.9 Å². The van der Waals surface area contributed by atoms with Crippen LogP contribution in [-0.2, 0) is 13.6 Å². The van der Waals surface area contributed by atoms with Gasteiger partial charge in [0.15, 0.2) is 0 Å². The third-order valence-corrected chi connectivity index (χ3v) is 7.59. The zero-order chi connectivity index (χ0) is 23.9. The third kappa shape index (κ3) is 3.81. The summed E-state index contributed by atoms with van der Waals surface area (Å²) in [5.74, 6) is 1.53. The average molecular weight is 467 g/mol. The van der Waals surface area contributed by atoms with Crippen LogP contribution in [0, 0.1) is 5.92 Å². The summed E-state index contributed by atoms with van der Waals surface area (Å²) in [6.07, 6.45) is 9.54. The summed E-state index contributed by atoms with van der Waals surface area (Å²) in [5.41, 5.74) is 6.71. The highest BCUT2D eigenvalue weighted by Gasteiger charge is 2.27. The van der Waals surface area contributed by atoms with E-state index < -0.39 is 0 Å². The van der Waals surface area contributed by atoms with E-state index in [4.69, 9.17) is 0 Å². The van der Waals surface area contributed by atoms with Gasteiger partial charge in [-0.1, -0.05) is 19.4 Å². The molecule has 2 aliphatic heterocycles. The summed E-state index contributed by atoms with van der Waals surface area (Å²) in [6, 6.07) is 12.3. The van der Waals surface area contributed by atoms with Crippen molar-refractivity contribution in [2.24, 2.45) is 13.0 Å². The normalized spacial score (nSPS) is 15.9. The summed E-state index contributed by atoms with van der Waals surface area (Å²) in [5, 5.41) is 7.48.